The molecule has 2 aromatic rings. The van der Waals surface area contributed by atoms with Gasteiger partial charge in [-0.05, 0) is 42.7 Å². The molecule has 2 aromatic carbocycles. The number of hydrogen-bond acceptors (Lipinski definition) is 3. The molecule has 0 aliphatic carbocycles. The lowest BCUT2D eigenvalue weighted by molar-refractivity contribution is -0.117. The average Bonchev–Trinajstić information content (AvgIpc) is 3.06. The third kappa shape index (κ3) is 4.43. The normalized spacial score (nSPS) is 13.8. The Morgan fingerprint density at radius 2 is 2.12 bits per heavy atom. The number of rotatable bonds is 6. The Kier molecular flexibility index (Phi) is 5.93. The van der Waals surface area contributed by atoms with Crippen LogP contribution in [0.5, 0.6) is 5.75 Å². The Morgan fingerprint density at radius 3 is 2.81 bits per heavy atom. The molecular formula is C20H21BrN2O3. The van der Waals surface area contributed by atoms with Crippen LogP contribution in [0.4, 0.5) is 11.4 Å². The molecule has 0 atom stereocenters. The van der Waals surface area contributed by atoms with Gasteiger partial charge in [-0.25, -0.2) is 0 Å². The maximum Gasteiger partial charge on any atom is 0.227 e. The van der Waals surface area contributed by atoms with E-state index in [0.717, 1.165) is 22.1 Å². The number of carbonyl (C=O) groups excluding carboxylic acids is 2. The van der Waals surface area contributed by atoms with Gasteiger partial charge in [0.15, 0.2) is 0 Å². The molecule has 1 N–H and O–H groups in total. The van der Waals surface area contributed by atoms with Crippen LogP contribution in [0.2, 0.25) is 0 Å². The molecule has 136 valence electrons. The van der Waals surface area contributed by atoms with Gasteiger partial charge in [0.1, 0.15) is 5.75 Å². The highest BCUT2D eigenvalue weighted by atomic mass is 79.9. The van der Waals surface area contributed by atoms with Crippen molar-refractivity contribution in [2.24, 2.45) is 0 Å². The SMILES string of the molecule is COc1cc(NC(=O)CCc2cccc(Br)c2)ccc1N1CCCC1=O. The zero-order valence-electron chi connectivity index (χ0n) is 14.6. The molecule has 5 nitrogen and oxygen atoms in total. The summed E-state index contributed by atoms with van der Waals surface area (Å²) in [5.41, 5.74) is 2.52. The van der Waals surface area contributed by atoms with E-state index in [2.05, 4.69) is 21.2 Å². The van der Waals surface area contributed by atoms with Crippen molar-refractivity contribution in [1.82, 2.24) is 0 Å². The van der Waals surface area contributed by atoms with E-state index in [1.165, 1.54) is 0 Å². The van der Waals surface area contributed by atoms with E-state index in [1.807, 2.05) is 30.3 Å². The van der Waals surface area contributed by atoms with E-state index in [0.29, 0.717) is 37.2 Å². The average molecular weight is 417 g/mol. The van der Waals surface area contributed by atoms with Crippen LogP contribution in [0.1, 0.15) is 24.8 Å². The number of benzene rings is 2. The Balaban J connectivity index is 1.64. The predicted molar refractivity (Wildman–Crippen MR) is 106 cm³/mol. The lowest BCUT2D eigenvalue weighted by atomic mass is 10.1. The smallest absolute Gasteiger partial charge is 0.227 e. The highest BCUT2D eigenvalue weighted by Gasteiger charge is 2.24. The molecule has 0 unspecified atom stereocenters. The fourth-order valence-electron chi connectivity index (χ4n) is 3.06. The first-order valence-electron chi connectivity index (χ1n) is 8.59. The molecule has 1 aliphatic rings. The van der Waals surface area contributed by atoms with Gasteiger partial charge < -0.3 is 15.0 Å². The second-order valence-corrected chi connectivity index (χ2v) is 7.13. The lowest BCUT2D eigenvalue weighted by Gasteiger charge is -2.19. The van der Waals surface area contributed by atoms with Gasteiger partial charge in [0.2, 0.25) is 11.8 Å². The van der Waals surface area contributed by atoms with Crippen LogP contribution in [0, 0.1) is 0 Å². The number of hydrogen-bond donors (Lipinski definition) is 1. The summed E-state index contributed by atoms with van der Waals surface area (Å²) >= 11 is 3.44. The van der Waals surface area contributed by atoms with Gasteiger partial charge in [-0.1, -0.05) is 28.1 Å². The minimum atomic E-state index is -0.0583. The number of aryl methyl sites for hydroxylation is 1. The summed E-state index contributed by atoms with van der Waals surface area (Å²) in [6.45, 7) is 0.702. The van der Waals surface area contributed by atoms with Gasteiger partial charge in [-0.15, -0.1) is 0 Å². The largest absolute Gasteiger partial charge is 0.494 e. The fraction of sp³-hybridized carbons (Fsp3) is 0.300. The van der Waals surface area contributed by atoms with Gasteiger partial charge in [0, 0.05) is 35.6 Å². The maximum absolute atomic E-state index is 12.2. The van der Waals surface area contributed by atoms with Crippen molar-refractivity contribution in [3.63, 3.8) is 0 Å². The summed E-state index contributed by atoms with van der Waals surface area (Å²) in [4.78, 5) is 25.9. The highest BCUT2D eigenvalue weighted by molar-refractivity contribution is 9.10. The lowest BCUT2D eigenvalue weighted by Crippen LogP contribution is -2.24. The van der Waals surface area contributed by atoms with Gasteiger partial charge in [-0.2, -0.15) is 0 Å². The molecule has 1 saturated heterocycles. The Labute approximate surface area is 161 Å². The minimum absolute atomic E-state index is 0.0583. The molecular weight excluding hydrogens is 396 g/mol. The first-order valence-corrected chi connectivity index (χ1v) is 9.39. The second kappa shape index (κ2) is 8.36. The van der Waals surface area contributed by atoms with Crippen LogP contribution >= 0.6 is 15.9 Å². The molecule has 1 fully saturated rings. The van der Waals surface area contributed by atoms with E-state index < -0.39 is 0 Å². The van der Waals surface area contributed by atoms with Crippen LogP contribution in [0.15, 0.2) is 46.9 Å². The molecule has 1 aliphatic heterocycles. The number of methoxy groups -OCH3 is 1. The van der Waals surface area contributed by atoms with Crippen molar-refractivity contribution in [2.45, 2.75) is 25.7 Å². The molecule has 26 heavy (non-hydrogen) atoms. The van der Waals surface area contributed by atoms with E-state index >= 15 is 0 Å². The van der Waals surface area contributed by atoms with Crippen molar-refractivity contribution < 1.29 is 14.3 Å². The zero-order valence-corrected chi connectivity index (χ0v) is 16.2. The second-order valence-electron chi connectivity index (χ2n) is 6.21. The minimum Gasteiger partial charge on any atom is -0.494 e. The molecule has 0 bridgehead atoms. The van der Waals surface area contributed by atoms with Gasteiger partial charge in [0.25, 0.3) is 0 Å². The summed E-state index contributed by atoms with van der Waals surface area (Å²) in [5, 5.41) is 2.90. The number of anilines is 2. The van der Waals surface area contributed by atoms with Gasteiger partial charge in [0.05, 0.1) is 12.8 Å². The highest BCUT2D eigenvalue weighted by Crippen LogP contribution is 2.33. The summed E-state index contributed by atoms with van der Waals surface area (Å²) < 4.78 is 6.43. The number of halogens is 1. The zero-order chi connectivity index (χ0) is 18.5. The predicted octanol–water partition coefficient (Wildman–Crippen LogP) is 4.16. The first kappa shape index (κ1) is 18.5. The number of nitrogens with one attached hydrogen (secondary N) is 1. The van der Waals surface area contributed by atoms with E-state index in [4.69, 9.17) is 4.74 Å². The standard InChI is InChI=1S/C20H21BrN2O3/c1-26-18-13-16(8-9-17(18)23-11-3-6-20(23)25)22-19(24)10-7-14-4-2-5-15(21)12-14/h2,4-5,8-9,12-13H,3,6-7,10-11H2,1H3,(H,22,24). The number of amides is 2. The van der Waals surface area contributed by atoms with Crippen LogP contribution in [-0.4, -0.2) is 25.5 Å². The summed E-state index contributed by atoms with van der Waals surface area (Å²) in [6, 6.07) is 13.3. The van der Waals surface area contributed by atoms with Crippen molar-refractivity contribution in [3.05, 3.63) is 52.5 Å². The van der Waals surface area contributed by atoms with Crippen molar-refractivity contribution >= 4 is 39.1 Å². The van der Waals surface area contributed by atoms with E-state index in [9.17, 15) is 9.59 Å². The van der Waals surface area contributed by atoms with Gasteiger partial charge >= 0.3 is 0 Å². The molecule has 0 spiro atoms. The molecule has 6 heteroatoms. The summed E-state index contributed by atoms with van der Waals surface area (Å²) in [5.74, 6) is 0.635. The fourth-order valence-corrected chi connectivity index (χ4v) is 3.50. The van der Waals surface area contributed by atoms with E-state index in [-0.39, 0.29) is 11.8 Å². The summed E-state index contributed by atoms with van der Waals surface area (Å²) in [7, 11) is 1.57. The Morgan fingerprint density at radius 1 is 1.27 bits per heavy atom. The van der Waals surface area contributed by atoms with Crippen LogP contribution in [0.25, 0.3) is 0 Å². The maximum atomic E-state index is 12.2. The van der Waals surface area contributed by atoms with Crippen LogP contribution in [0.3, 0.4) is 0 Å². The molecule has 0 radical (unpaired) electrons. The molecule has 0 aromatic heterocycles. The van der Waals surface area contributed by atoms with Crippen molar-refractivity contribution in [3.8, 4) is 5.75 Å². The number of ether oxygens (including phenoxy) is 1. The Hall–Kier alpha value is -2.34. The quantitative estimate of drug-likeness (QED) is 0.768. The topological polar surface area (TPSA) is 58.6 Å². The van der Waals surface area contributed by atoms with E-state index in [1.54, 1.807) is 24.1 Å². The molecule has 2 amide bonds. The van der Waals surface area contributed by atoms with Gasteiger partial charge in [-0.3, -0.25) is 9.59 Å². The Bertz CT molecular complexity index is 822. The molecule has 3 rings (SSSR count). The number of carbonyl (C=O) groups is 2. The molecule has 0 saturated carbocycles. The third-order valence-corrected chi connectivity index (χ3v) is 4.85. The van der Waals surface area contributed by atoms with Crippen molar-refractivity contribution in [2.75, 3.05) is 23.9 Å². The van der Waals surface area contributed by atoms with Crippen LogP contribution in [-0.2, 0) is 16.0 Å². The first-order chi connectivity index (χ1) is 12.6. The third-order valence-electron chi connectivity index (χ3n) is 4.36. The van der Waals surface area contributed by atoms with Crippen molar-refractivity contribution in [1.29, 1.82) is 0 Å². The number of nitrogens with zero attached hydrogens (tertiary/aromatic N) is 1. The van der Waals surface area contributed by atoms with Crippen LogP contribution < -0.4 is 15.0 Å². The summed E-state index contributed by atoms with van der Waals surface area (Å²) in [6.07, 6.45) is 2.49. The monoisotopic (exact) mass is 416 g/mol. The molecule has 1 heterocycles.